The summed E-state index contributed by atoms with van der Waals surface area (Å²) in [6.07, 6.45) is -4.67. The van der Waals surface area contributed by atoms with Crippen molar-refractivity contribution in [2.45, 2.75) is 39.4 Å². The fraction of sp³-hybridized carbons (Fsp3) is 0.588. The molecule has 0 saturated heterocycles. The van der Waals surface area contributed by atoms with Gasteiger partial charge in [0.15, 0.2) is 0 Å². The van der Waals surface area contributed by atoms with Crippen LogP contribution < -0.4 is 0 Å². The molecule has 2 aliphatic heterocycles. The predicted octanol–water partition coefficient (Wildman–Crippen LogP) is 3.84. The van der Waals surface area contributed by atoms with Crippen LogP contribution in [0.4, 0.5) is 22.0 Å². The molecule has 0 saturated carbocycles. The van der Waals surface area contributed by atoms with E-state index in [2.05, 4.69) is 17.0 Å². The highest BCUT2D eigenvalue weighted by molar-refractivity contribution is 5.95. The van der Waals surface area contributed by atoms with Crippen molar-refractivity contribution in [3.63, 3.8) is 0 Å². The van der Waals surface area contributed by atoms with E-state index in [0.29, 0.717) is 17.6 Å². The van der Waals surface area contributed by atoms with Gasteiger partial charge in [0, 0.05) is 19.0 Å². The van der Waals surface area contributed by atoms with Crippen molar-refractivity contribution in [3.8, 4) is 0 Å². The molecule has 1 aromatic rings. The SMILES string of the molecule is CC1C=NC2=C(CCN(C(=O)c3cn(CC(F)(F)F)nc3C(F)F)C2)[C@H]1C. The van der Waals surface area contributed by atoms with E-state index in [0.717, 1.165) is 17.5 Å². The maximum Gasteiger partial charge on any atom is 0.408 e. The molecule has 3 rings (SSSR count). The molecule has 0 aliphatic carbocycles. The Labute approximate surface area is 152 Å². The molecule has 0 N–H and O–H groups in total. The van der Waals surface area contributed by atoms with Crippen LogP contribution in [0.2, 0.25) is 0 Å². The summed E-state index contributed by atoms with van der Waals surface area (Å²) in [4.78, 5) is 18.4. The standard InChI is InChI=1S/C17H19F5N4O/c1-9-5-23-13-7-25(4-3-11(13)10(9)2)16(27)12-6-26(8-17(20,21)22)24-14(12)15(18)19/h5-6,9-10,15H,3-4,7-8H2,1-2H3/t9?,10-/m0/s1. The molecule has 27 heavy (non-hydrogen) atoms. The molecule has 2 aliphatic rings. The summed E-state index contributed by atoms with van der Waals surface area (Å²) in [5.41, 5.74) is 0.426. The predicted molar refractivity (Wildman–Crippen MR) is 87.6 cm³/mol. The van der Waals surface area contributed by atoms with Gasteiger partial charge in [0.1, 0.15) is 12.2 Å². The lowest BCUT2D eigenvalue weighted by atomic mass is 9.83. The van der Waals surface area contributed by atoms with Crippen LogP contribution in [0.3, 0.4) is 0 Å². The molecule has 3 heterocycles. The number of aliphatic imine (C=N–C) groups is 1. The fourth-order valence-electron chi connectivity index (χ4n) is 3.40. The Morgan fingerprint density at radius 3 is 2.67 bits per heavy atom. The maximum absolute atomic E-state index is 13.2. The van der Waals surface area contributed by atoms with Gasteiger partial charge in [-0.05, 0) is 23.8 Å². The molecule has 0 spiro atoms. The molecule has 0 fully saturated rings. The second kappa shape index (κ2) is 7.05. The number of rotatable bonds is 3. The molecule has 148 valence electrons. The highest BCUT2D eigenvalue weighted by Crippen LogP contribution is 2.34. The first-order valence-electron chi connectivity index (χ1n) is 8.54. The average molecular weight is 390 g/mol. The van der Waals surface area contributed by atoms with E-state index in [4.69, 9.17) is 0 Å². The van der Waals surface area contributed by atoms with Gasteiger partial charge in [-0.15, -0.1) is 0 Å². The Bertz CT molecular complexity index is 796. The fourth-order valence-corrected chi connectivity index (χ4v) is 3.40. The van der Waals surface area contributed by atoms with Gasteiger partial charge in [0.05, 0.1) is 17.8 Å². The van der Waals surface area contributed by atoms with Crippen LogP contribution in [0.1, 0.15) is 42.7 Å². The Kier molecular flexibility index (Phi) is 5.09. The summed E-state index contributed by atoms with van der Waals surface area (Å²) in [7, 11) is 0. The minimum atomic E-state index is -4.62. The van der Waals surface area contributed by atoms with Crippen molar-refractivity contribution in [2.24, 2.45) is 16.8 Å². The minimum Gasteiger partial charge on any atom is -0.332 e. The van der Waals surface area contributed by atoms with Gasteiger partial charge in [0.25, 0.3) is 12.3 Å². The molecule has 2 atom stereocenters. The summed E-state index contributed by atoms with van der Waals surface area (Å²) in [5.74, 6) is -0.204. The van der Waals surface area contributed by atoms with Crippen molar-refractivity contribution in [1.82, 2.24) is 14.7 Å². The Morgan fingerprint density at radius 2 is 2.04 bits per heavy atom. The minimum absolute atomic E-state index is 0.148. The van der Waals surface area contributed by atoms with Crippen LogP contribution >= 0.6 is 0 Å². The zero-order valence-electron chi connectivity index (χ0n) is 14.8. The quantitative estimate of drug-likeness (QED) is 0.737. The average Bonchev–Trinajstić information content (AvgIpc) is 2.99. The van der Waals surface area contributed by atoms with E-state index in [1.165, 1.54) is 4.90 Å². The molecule has 0 radical (unpaired) electrons. The molecule has 1 amide bonds. The van der Waals surface area contributed by atoms with Gasteiger partial charge in [-0.1, -0.05) is 13.8 Å². The summed E-state index contributed by atoms with van der Waals surface area (Å²) in [5, 5.41) is 3.27. The third-order valence-corrected chi connectivity index (χ3v) is 5.02. The Balaban J connectivity index is 1.84. The number of alkyl halides is 5. The molecular formula is C17H19F5N4O. The summed E-state index contributed by atoms with van der Waals surface area (Å²) >= 11 is 0. The van der Waals surface area contributed by atoms with Gasteiger partial charge in [0.2, 0.25) is 0 Å². The Hall–Kier alpha value is -2.26. The zero-order chi connectivity index (χ0) is 19.9. The van der Waals surface area contributed by atoms with Gasteiger partial charge < -0.3 is 4.90 Å². The van der Waals surface area contributed by atoms with Crippen molar-refractivity contribution < 1.29 is 26.7 Å². The summed E-state index contributed by atoms with van der Waals surface area (Å²) in [6.45, 7) is 3.03. The maximum atomic E-state index is 13.2. The van der Waals surface area contributed by atoms with E-state index >= 15 is 0 Å². The second-order valence-electron chi connectivity index (χ2n) is 6.92. The van der Waals surface area contributed by atoms with Gasteiger partial charge in [-0.25, -0.2) is 8.78 Å². The van der Waals surface area contributed by atoms with Crippen LogP contribution in [0, 0.1) is 11.8 Å². The number of aromatic nitrogens is 2. The van der Waals surface area contributed by atoms with Crippen LogP contribution in [-0.2, 0) is 6.54 Å². The van der Waals surface area contributed by atoms with Crippen LogP contribution in [0.15, 0.2) is 22.5 Å². The lowest BCUT2D eigenvalue weighted by Crippen LogP contribution is -2.39. The molecule has 0 bridgehead atoms. The number of hydrogen-bond acceptors (Lipinski definition) is 3. The number of carbonyl (C=O) groups excluding carboxylic acids is 1. The van der Waals surface area contributed by atoms with E-state index in [-0.39, 0.29) is 18.4 Å². The van der Waals surface area contributed by atoms with Crippen LogP contribution in [0.25, 0.3) is 0 Å². The van der Waals surface area contributed by atoms with E-state index in [9.17, 15) is 26.7 Å². The van der Waals surface area contributed by atoms with Crippen LogP contribution in [0.5, 0.6) is 0 Å². The number of nitrogens with zero attached hydrogens (tertiary/aromatic N) is 4. The molecule has 0 aromatic carbocycles. The smallest absolute Gasteiger partial charge is 0.332 e. The van der Waals surface area contributed by atoms with Crippen molar-refractivity contribution in [1.29, 1.82) is 0 Å². The number of hydrogen-bond donors (Lipinski definition) is 0. The largest absolute Gasteiger partial charge is 0.408 e. The van der Waals surface area contributed by atoms with E-state index in [1.54, 1.807) is 6.21 Å². The molecule has 1 aromatic heterocycles. The molecule has 5 nitrogen and oxygen atoms in total. The van der Waals surface area contributed by atoms with Crippen LogP contribution in [-0.4, -0.2) is 46.1 Å². The topological polar surface area (TPSA) is 50.5 Å². The zero-order valence-corrected chi connectivity index (χ0v) is 14.8. The molecular weight excluding hydrogens is 371 g/mol. The van der Waals surface area contributed by atoms with Gasteiger partial charge >= 0.3 is 6.18 Å². The number of amides is 1. The van der Waals surface area contributed by atoms with Crippen molar-refractivity contribution >= 4 is 12.1 Å². The Morgan fingerprint density at radius 1 is 1.33 bits per heavy atom. The first-order chi connectivity index (χ1) is 12.6. The normalized spacial score (nSPS) is 23.2. The molecule has 10 heteroatoms. The van der Waals surface area contributed by atoms with E-state index < -0.39 is 36.3 Å². The second-order valence-corrected chi connectivity index (χ2v) is 6.92. The number of halogens is 5. The third kappa shape index (κ3) is 4.03. The first-order valence-corrected chi connectivity index (χ1v) is 8.54. The van der Waals surface area contributed by atoms with Gasteiger partial charge in [-0.3, -0.25) is 14.5 Å². The van der Waals surface area contributed by atoms with Crippen molar-refractivity contribution in [3.05, 3.63) is 28.7 Å². The first kappa shape index (κ1) is 19.5. The summed E-state index contributed by atoms with van der Waals surface area (Å²) < 4.78 is 64.3. The number of carbonyl (C=O) groups is 1. The lowest BCUT2D eigenvalue weighted by Gasteiger charge is -2.35. The lowest BCUT2D eigenvalue weighted by molar-refractivity contribution is -0.142. The highest BCUT2D eigenvalue weighted by atomic mass is 19.4. The highest BCUT2D eigenvalue weighted by Gasteiger charge is 2.34. The summed E-state index contributed by atoms with van der Waals surface area (Å²) in [6, 6.07) is 0. The third-order valence-electron chi connectivity index (χ3n) is 5.02. The van der Waals surface area contributed by atoms with Crippen molar-refractivity contribution in [2.75, 3.05) is 13.1 Å². The monoisotopic (exact) mass is 390 g/mol. The molecule has 1 unspecified atom stereocenters. The van der Waals surface area contributed by atoms with E-state index in [1.807, 2.05) is 6.92 Å². The van der Waals surface area contributed by atoms with Gasteiger partial charge in [-0.2, -0.15) is 18.3 Å².